The number of hydrogen-bond acceptors (Lipinski definition) is 7. The second-order valence-electron chi connectivity index (χ2n) is 20.0. The fraction of sp³-hybridized carbons (Fsp3) is 0.962. The molecule has 0 fully saturated rings. The van der Waals surface area contributed by atoms with Crippen LogP contribution in [0.15, 0.2) is 0 Å². The number of carbonyl (C=O) groups is 2. The number of ether oxygens (including phenoxy) is 2. The lowest BCUT2D eigenvalue weighted by Crippen LogP contribution is -2.37. The van der Waals surface area contributed by atoms with Gasteiger partial charge in [-0.05, 0) is 12.8 Å². The van der Waals surface area contributed by atoms with Crippen LogP contribution in [0.5, 0.6) is 0 Å². The molecule has 10 heteroatoms. The minimum absolute atomic E-state index is 0.0362. The molecule has 2 atom stereocenters. The number of esters is 2. The Morgan fingerprint density at radius 3 is 1.02 bits per heavy atom. The Morgan fingerprint density at radius 2 is 0.714 bits per heavy atom. The average molecular weight is 917 g/mol. The van der Waals surface area contributed by atoms with Crippen LogP contribution in [0.1, 0.15) is 277 Å². The summed E-state index contributed by atoms with van der Waals surface area (Å²) in [5, 5.41) is 0. The van der Waals surface area contributed by atoms with Gasteiger partial charge in [-0.1, -0.05) is 251 Å². The monoisotopic (exact) mass is 917 g/mol. The maximum Gasteiger partial charge on any atom is 0.472 e. The SMILES string of the molecule is CCCCCCCCCCCCCCCCCCCCCCCCCCCCCCCCCCCCC(=O)OC(COC(=O)CCCCCCC)COP(=O)(O)OCC[N+](C)(C)C. The molecule has 0 saturated heterocycles. The van der Waals surface area contributed by atoms with E-state index in [0.717, 1.165) is 51.4 Å². The molecule has 0 saturated carbocycles. The molecule has 0 amide bonds. The van der Waals surface area contributed by atoms with E-state index in [1.165, 1.54) is 199 Å². The highest BCUT2D eigenvalue weighted by Crippen LogP contribution is 2.43. The lowest BCUT2D eigenvalue weighted by molar-refractivity contribution is -0.870. The zero-order valence-electron chi connectivity index (χ0n) is 42.6. The Labute approximate surface area is 391 Å². The summed E-state index contributed by atoms with van der Waals surface area (Å²) in [5.74, 6) is -0.797. The first-order valence-electron chi connectivity index (χ1n) is 27.3. The normalized spacial score (nSPS) is 13.3. The number of phosphoric ester groups is 1. The number of hydrogen-bond donors (Lipinski definition) is 1. The van der Waals surface area contributed by atoms with Gasteiger partial charge in [0.1, 0.15) is 19.8 Å². The van der Waals surface area contributed by atoms with Crippen LogP contribution in [0.25, 0.3) is 0 Å². The van der Waals surface area contributed by atoms with E-state index in [9.17, 15) is 19.0 Å². The van der Waals surface area contributed by atoms with E-state index in [2.05, 4.69) is 13.8 Å². The smallest absolute Gasteiger partial charge is 0.462 e. The van der Waals surface area contributed by atoms with Crippen LogP contribution in [0.4, 0.5) is 0 Å². The number of nitrogens with zero attached hydrogens (tertiary/aromatic N) is 1. The van der Waals surface area contributed by atoms with Crippen molar-refractivity contribution in [3.8, 4) is 0 Å². The predicted octanol–water partition coefficient (Wildman–Crippen LogP) is 16.3. The molecular formula is C53H107NO8P+. The van der Waals surface area contributed by atoms with Gasteiger partial charge < -0.3 is 18.9 Å². The van der Waals surface area contributed by atoms with Crippen molar-refractivity contribution in [1.29, 1.82) is 0 Å². The largest absolute Gasteiger partial charge is 0.472 e. The number of rotatable bonds is 51. The summed E-state index contributed by atoms with van der Waals surface area (Å²) < 4.78 is 34.2. The van der Waals surface area contributed by atoms with E-state index < -0.39 is 26.5 Å². The molecule has 0 aromatic carbocycles. The van der Waals surface area contributed by atoms with Crippen LogP contribution in [-0.2, 0) is 32.7 Å². The fourth-order valence-electron chi connectivity index (χ4n) is 8.14. The molecule has 0 aromatic heterocycles. The maximum atomic E-state index is 12.7. The average Bonchev–Trinajstić information content (AvgIpc) is 3.24. The molecule has 9 nitrogen and oxygen atoms in total. The Balaban J connectivity index is 3.75. The molecule has 1 N–H and O–H groups in total. The third-order valence-electron chi connectivity index (χ3n) is 12.4. The van der Waals surface area contributed by atoms with Gasteiger partial charge in [-0.2, -0.15) is 0 Å². The summed E-state index contributed by atoms with van der Waals surface area (Å²) in [6, 6.07) is 0. The third kappa shape index (κ3) is 50.3. The van der Waals surface area contributed by atoms with Crippen LogP contribution in [0.3, 0.4) is 0 Å². The van der Waals surface area contributed by atoms with Crippen LogP contribution < -0.4 is 0 Å². The number of phosphoric acid groups is 1. The number of quaternary nitrogens is 1. The van der Waals surface area contributed by atoms with E-state index in [1.807, 2.05) is 21.1 Å². The summed E-state index contributed by atoms with van der Waals surface area (Å²) >= 11 is 0. The number of unbranched alkanes of at least 4 members (excludes halogenated alkanes) is 37. The first kappa shape index (κ1) is 62.0. The van der Waals surface area contributed by atoms with Gasteiger partial charge in [0.2, 0.25) is 0 Å². The molecule has 0 aliphatic rings. The van der Waals surface area contributed by atoms with Gasteiger partial charge in [-0.3, -0.25) is 18.6 Å². The van der Waals surface area contributed by atoms with Crippen molar-refractivity contribution in [2.45, 2.75) is 283 Å². The minimum atomic E-state index is -4.36. The molecule has 376 valence electrons. The van der Waals surface area contributed by atoms with Crippen molar-refractivity contribution >= 4 is 19.8 Å². The molecule has 0 rings (SSSR count). The Morgan fingerprint density at radius 1 is 0.429 bits per heavy atom. The van der Waals surface area contributed by atoms with E-state index in [1.54, 1.807) is 0 Å². The lowest BCUT2D eigenvalue weighted by atomic mass is 10.0. The Hall–Kier alpha value is -0.990. The zero-order valence-corrected chi connectivity index (χ0v) is 43.5. The van der Waals surface area contributed by atoms with E-state index in [0.29, 0.717) is 11.0 Å². The van der Waals surface area contributed by atoms with Gasteiger partial charge in [0.05, 0.1) is 27.7 Å². The number of likely N-dealkylation sites (N-methyl/N-ethyl adjacent to an activating group) is 1. The molecular weight excluding hydrogens is 810 g/mol. The van der Waals surface area contributed by atoms with Crippen molar-refractivity contribution in [3.63, 3.8) is 0 Å². The molecule has 0 bridgehead atoms. The third-order valence-corrected chi connectivity index (χ3v) is 13.4. The van der Waals surface area contributed by atoms with Crippen molar-refractivity contribution in [1.82, 2.24) is 0 Å². The van der Waals surface area contributed by atoms with Gasteiger partial charge >= 0.3 is 19.8 Å². The van der Waals surface area contributed by atoms with E-state index >= 15 is 0 Å². The van der Waals surface area contributed by atoms with Gasteiger partial charge in [0.25, 0.3) is 0 Å². The topological polar surface area (TPSA) is 108 Å². The summed E-state index contributed by atoms with van der Waals surface area (Å²) in [6.07, 6.45) is 51.1. The molecule has 0 radical (unpaired) electrons. The van der Waals surface area contributed by atoms with Crippen LogP contribution in [0.2, 0.25) is 0 Å². The van der Waals surface area contributed by atoms with Gasteiger partial charge in [0, 0.05) is 12.8 Å². The van der Waals surface area contributed by atoms with Gasteiger partial charge in [0.15, 0.2) is 6.10 Å². The fourth-order valence-corrected chi connectivity index (χ4v) is 8.88. The highest BCUT2D eigenvalue weighted by molar-refractivity contribution is 7.47. The number of carbonyl (C=O) groups excluding carboxylic acids is 2. The summed E-state index contributed by atoms with van der Waals surface area (Å²) in [5.41, 5.74) is 0. The van der Waals surface area contributed by atoms with Crippen molar-refractivity contribution in [3.05, 3.63) is 0 Å². The molecule has 0 aliphatic heterocycles. The molecule has 2 unspecified atom stereocenters. The lowest BCUT2D eigenvalue weighted by Gasteiger charge is -2.24. The summed E-state index contributed by atoms with van der Waals surface area (Å²) in [4.78, 5) is 35.1. The van der Waals surface area contributed by atoms with Crippen LogP contribution in [-0.4, -0.2) is 74.9 Å². The second kappa shape index (κ2) is 46.1. The zero-order chi connectivity index (χ0) is 46.4. The predicted molar refractivity (Wildman–Crippen MR) is 266 cm³/mol. The Kier molecular flexibility index (Phi) is 45.4. The first-order chi connectivity index (χ1) is 30.5. The molecule has 0 aromatic rings. The standard InChI is InChI=1S/C53H106NO8P/c1-6-8-10-12-13-14-15-16-17-18-19-20-21-22-23-24-25-26-27-28-29-30-31-32-33-34-35-36-37-38-39-40-42-44-46-53(56)62-51(49-59-52(55)45-43-41-11-9-7-2)50-61-63(57,58)60-48-47-54(3,4)5/h51H,6-50H2,1-5H3/p+1. The van der Waals surface area contributed by atoms with Crippen molar-refractivity contribution < 1.29 is 42.1 Å². The Bertz CT molecular complexity index is 1040. The van der Waals surface area contributed by atoms with Crippen LogP contribution in [0, 0.1) is 0 Å². The minimum Gasteiger partial charge on any atom is -0.462 e. The quantitative estimate of drug-likeness (QED) is 0.0278. The van der Waals surface area contributed by atoms with Gasteiger partial charge in [-0.15, -0.1) is 0 Å². The first-order valence-corrected chi connectivity index (χ1v) is 28.8. The highest BCUT2D eigenvalue weighted by Gasteiger charge is 2.27. The molecule has 0 heterocycles. The van der Waals surface area contributed by atoms with Crippen LogP contribution >= 0.6 is 7.82 Å². The summed E-state index contributed by atoms with van der Waals surface area (Å²) in [6.45, 7) is 4.37. The maximum absolute atomic E-state index is 12.7. The molecule has 63 heavy (non-hydrogen) atoms. The second-order valence-corrected chi connectivity index (χ2v) is 21.4. The molecule has 0 aliphatic carbocycles. The highest BCUT2D eigenvalue weighted by atomic mass is 31.2. The van der Waals surface area contributed by atoms with Crippen molar-refractivity contribution in [2.24, 2.45) is 0 Å². The van der Waals surface area contributed by atoms with Gasteiger partial charge in [-0.25, -0.2) is 4.57 Å². The van der Waals surface area contributed by atoms with E-state index in [-0.39, 0.29) is 32.0 Å². The molecule has 0 spiro atoms. The van der Waals surface area contributed by atoms with E-state index in [4.69, 9.17) is 18.5 Å². The summed E-state index contributed by atoms with van der Waals surface area (Å²) in [7, 11) is 1.49. The van der Waals surface area contributed by atoms with Crippen molar-refractivity contribution in [2.75, 3.05) is 47.5 Å².